The fourth-order valence-corrected chi connectivity index (χ4v) is 3.59. The van der Waals surface area contributed by atoms with Crippen LogP contribution in [0.2, 0.25) is 0 Å². The Balaban J connectivity index is 1.57. The van der Waals surface area contributed by atoms with Crippen LogP contribution < -0.4 is 20.3 Å². The van der Waals surface area contributed by atoms with Gasteiger partial charge in [-0.25, -0.2) is 4.99 Å². The SMILES string of the molecule is CCNC(=NCc1ccc(N2CCCC2=O)cc1)NCC(O)c1cccc(OC(C)C)c1. The summed E-state index contributed by atoms with van der Waals surface area (Å²) >= 11 is 0. The van der Waals surface area contributed by atoms with Crippen molar-refractivity contribution in [3.63, 3.8) is 0 Å². The van der Waals surface area contributed by atoms with Crippen LogP contribution in [0.1, 0.15) is 50.8 Å². The molecule has 0 aliphatic carbocycles. The largest absolute Gasteiger partial charge is 0.491 e. The number of aliphatic hydroxyl groups is 1. The molecule has 7 nitrogen and oxygen atoms in total. The fourth-order valence-electron chi connectivity index (χ4n) is 3.59. The van der Waals surface area contributed by atoms with Crippen molar-refractivity contribution in [3.05, 3.63) is 59.7 Å². The molecule has 7 heteroatoms. The van der Waals surface area contributed by atoms with Crippen LogP contribution in [0, 0.1) is 0 Å². The van der Waals surface area contributed by atoms with Crippen molar-refractivity contribution in [2.75, 3.05) is 24.5 Å². The van der Waals surface area contributed by atoms with Gasteiger partial charge in [0.1, 0.15) is 5.75 Å². The molecule has 172 valence electrons. The number of amides is 1. The highest BCUT2D eigenvalue weighted by atomic mass is 16.5. The molecule has 3 rings (SSSR count). The van der Waals surface area contributed by atoms with Crippen LogP contribution in [0.5, 0.6) is 5.75 Å². The molecule has 1 unspecified atom stereocenters. The lowest BCUT2D eigenvalue weighted by atomic mass is 10.1. The van der Waals surface area contributed by atoms with Crippen molar-refractivity contribution in [1.82, 2.24) is 10.6 Å². The molecule has 1 fully saturated rings. The number of rotatable bonds is 9. The molecule has 1 aliphatic heterocycles. The predicted octanol–water partition coefficient (Wildman–Crippen LogP) is 3.39. The number of guanidine groups is 1. The van der Waals surface area contributed by atoms with Crippen LogP contribution in [-0.4, -0.2) is 42.7 Å². The molecule has 0 spiro atoms. The molecule has 2 aromatic rings. The average Bonchev–Trinajstić information content (AvgIpc) is 3.21. The highest BCUT2D eigenvalue weighted by Gasteiger charge is 2.21. The van der Waals surface area contributed by atoms with E-state index < -0.39 is 6.10 Å². The van der Waals surface area contributed by atoms with Crippen LogP contribution in [0.25, 0.3) is 0 Å². The number of ether oxygens (including phenoxy) is 1. The Bertz CT molecular complexity index is 912. The molecule has 2 aromatic carbocycles. The molecule has 1 saturated heterocycles. The van der Waals surface area contributed by atoms with Gasteiger partial charge in [-0.2, -0.15) is 0 Å². The lowest BCUT2D eigenvalue weighted by Crippen LogP contribution is -2.39. The first-order valence-electron chi connectivity index (χ1n) is 11.3. The van der Waals surface area contributed by atoms with Gasteiger partial charge in [-0.1, -0.05) is 24.3 Å². The minimum absolute atomic E-state index is 0.0814. The lowest BCUT2D eigenvalue weighted by molar-refractivity contribution is -0.117. The summed E-state index contributed by atoms with van der Waals surface area (Å²) in [7, 11) is 0. The number of hydrogen-bond donors (Lipinski definition) is 3. The summed E-state index contributed by atoms with van der Waals surface area (Å²) < 4.78 is 5.71. The Morgan fingerprint density at radius 3 is 2.62 bits per heavy atom. The molecule has 1 atom stereocenters. The van der Waals surface area contributed by atoms with Crippen molar-refractivity contribution in [2.45, 2.75) is 52.4 Å². The molecule has 0 radical (unpaired) electrons. The van der Waals surface area contributed by atoms with Crippen molar-refractivity contribution >= 4 is 17.6 Å². The summed E-state index contributed by atoms with van der Waals surface area (Å²) in [5, 5.41) is 17.0. The first-order valence-corrected chi connectivity index (χ1v) is 11.3. The fraction of sp³-hybridized carbons (Fsp3) is 0.440. The van der Waals surface area contributed by atoms with Crippen molar-refractivity contribution in [1.29, 1.82) is 0 Å². The summed E-state index contributed by atoms with van der Waals surface area (Å²) in [5.74, 6) is 1.57. The molecule has 0 aromatic heterocycles. The molecule has 32 heavy (non-hydrogen) atoms. The van der Waals surface area contributed by atoms with E-state index in [-0.39, 0.29) is 12.0 Å². The van der Waals surface area contributed by atoms with Gasteiger partial charge in [-0.05, 0) is 62.6 Å². The maximum atomic E-state index is 11.9. The zero-order valence-electron chi connectivity index (χ0n) is 19.2. The average molecular weight is 439 g/mol. The number of aliphatic imine (C=N–C) groups is 1. The lowest BCUT2D eigenvalue weighted by Gasteiger charge is -2.17. The van der Waals surface area contributed by atoms with Gasteiger partial charge < -0.3 is 25.4 Å². The topological polar surface area (TPSA) is 86.2 Å². The summed E-state index contributed by atoms with van der Waals surface area (Å²) in [5.41, 5.74) is 2.78. The van der Waals surface area contributed by atoms with E-state index in [0.717, 1.165) is 42.1 Å². The summed E-state index contributed by atoms with van der Waals surface area (Å²) in [6.07, 6.45) is 0.943. The molecular weight excluding hydrogens is 404 g/mol. The first-order chi connectivity index (χ1) is 15.5. The second kappa shape index (κ2) is 11.5. The maximum absolute atomic E-state index is 11.9. The minimum atomic E-state index is -0.688. The second-order valence-corrected chi connectivity index (χ2v) is 8.15. The van der Waals surface area contributed by atoms with Crippen molar-refractivity contribution < 1.29 is 14.6 Å². The van der Waals surface area contributed by atoms with E-state index in [1.54, 1.807) is 0 Å². The molecular formula is C25H34N4O3. The van der Waals surface area contributed by atoms with Gasteiger partial charge in [0, 0.05) is 31.7 Å². The molecule has 0 bridgehead atoms. The second-order valence-electron chi connectivity index (χ2n) is 8.15. The smallest absolute Gasteiger partial charge is 0.227 e. The number of hydrogen-bond acceptors (Lipinski definition) is 4. The van der Waals surface area contributed by atoms with Gasteiger partial charge in [0.15, 0.2) is 5.96 Å². The molecule has 1 aliphatic rings. The molecule has 1 heterocycles. The maximum Gasteiger partial charge on any atom is 0.227 e. The number of carbonyl (C=O) groups is 1. The summed E-state index contributed by atoms with van der Waals surface area (Å²) in [6, 6.07) is 15.5. The quantitative estimate of drug-likeness (QED) is 0.413. The molecule has 0 saturated carbocycles. The van der Waals surface area contributed by atoms with E-state index >= 15 is 0 Å². The number of benzene rings is 2. The van der Waals surface area contributed by atoms with Crippen molar-refractivity contribution in [3.8, 4) is 5.75 Å². The number of anilines is 1. The first kappa shape index (κ1) is 23.6. The Kier molecular flexibility index (Phi) is 8.50. The zero-order chi connectivity index (χ0) is 22.9. The zero-order valence-corrected chi connectivity index (χ0v) is 19.2. The Morgan fingerprint density at radius 2 is 1.97 bits per heavy atom. The van der Waals surface area contributed by atoms with Gasteiger partial charge in [0.2, 0.25) is 5.91 Å². The Hall–Kier alpha value is -3.06. The third-order valence-electron chi connectivity index (χ3n) is 5.16. The summed E-state index contributed by atoms with van der Waals surface area (Å²) in [4.78, 5) is 18.4. The van der Waals surface area contributed by atoms with Gasteiger partial charge >= 0.3 is 0 Å². The minimum Gasteiger partial charge on any atom is -0.491 e. The van der Waals surface area contributed by atoms with Crippen LogP contribution in [0.4, 0.5) is 5.69 Å². The van der Waals surface area contributed by atoms with Crippen molar-refractivity contribution in [2.24, 2.45) is 4.99 Å². The third-order valence-corrected chi connectivity index (χ3v) is 5.16. The monoisotopic (exact) mass is 438 g/mol. The van der Waals surface area contributed by atoms with E-state index in [1.807, 2.05) is 74.2 Å². The van der Waals surface area contributed by atoms with Crippen LogP contribution >= 0.6 is 0 Å². The van der Waals surface area contributed by atoms with E-state index in [0.29, 0.717) is 25.5 Å². The Labute approximate surface area is 190 Å². The Morgan fingerprint density at radius 1 is 1.19 bits per heavy atom. The standard InChI is InChI=1S/C25H34N4O3/c1-4-26-25(28-17-23(30)20-7-5-8-22(15-20)32-18(2)3)27-16-19-10-12-21(13-11-19)29-14-6-9-24(29)31/h5,7-8,10-13,15,18,23,30H,4,6,9,14,16-17H2,1-3H3,(H2,26,27,28). The van der Waals surface area contributed by atoms with Gasteiger partial charge in [0.25, 0.3) is 0 Å². The van der Waals surface area contributed by atoms with E-state index in [4.69, 9.17) is 4.74 Å². The van der Waals surface area contributed by atoms with Gasteiger partial charge in [-0.3, -0.25) is 4.79 Å². The van der Waals surface area contributed by atoms with Gasteiger partial charge in [0.05, 0.1) is 18.8 Å². The number of nitrogens with zero attached hydrogens (tertiary/aromatic N) is 2. The van der Waals surface area contributed by atoms with E-state index in [2.05, 4.69) is 15.6 Å². The van der Waals surface area contributed by atoms with Crippen LogP contribution in [0.3, 0.4) is 0 Å². The molecule has 3 N–H and O–H groups in total. The normalized spacial score (nSPS) is 15.2. The predicted molar refractivity (Wildman–Crippen MR) is 128 cm³/mol. The number of carbonyl (C=O) groups excluding carboxylic acids is 1. The molecule has 1 amide bonds. The van der Waals surface area contributed by atoms with Crippen LogP contribution in [0.15, 0.2) is 53.5 Å². The highest BCUT2D eigenvalue weighted by Crippen LogP contribution is 2.22. The highest BCUT2D eigenvalue weighted by molar-refractivity contribution is 5.95. The third kappa shape index (κ3) is 6.72. The van der Waals surface area contributed by atoms with E-state index in [1.165, 1.54) is 0 Å². The van der Waals surface area contributed by atoms with Gasteiger partial charge in [-0.15, -0.1) is 0 Å². The summed E-state index contributed by atoms with van der Waals surface area (Å²) in [6.45, 7) is 8.29. The van der Waals surface area contributed by atoms with Crippen LogP contribution in [-0.2, 0) is 11.3 Å². The number of nitrogens with one attached hydrogen (secondary N) is 2. The number of aliphatic hydroxyl groups excluding tert-OH is 1. The van der Waals surface area contributed by atoms with E-state index in [9.17, 15) is 9.90 Å².